The lowest BCUT2D eigenvalue weighted by Gasteiger charge is -2.23. The van der Waals surface area contributed by atoms with Crippen LogP contribution in [0.2, 0.25) is 0 Å². The molecule has 0 bridgehead atoms. The second-order valence-electron chi connectivity index (χ2n) is 7.05. The smallest absolute Gasteiger partial charge is 0.408 e. The average Bonchev–Trinajstić information content (AvgIpc) is 3.28. The third-order valence-corrected chi connectivity index (χ3v) is 3.64. The first-order chi connectivity index (χ1) is 11.2. The van der Waals surface area contributed by atoms with Gasteiger partial charge in [0.2, 0.25) is 0 Å². The number of nitrogens with one attached hydrogen (secondary N) is 1. The molecule has 0 aliphatic heterocycles. The number of Topliss-reactive ketones (excluding diaryl/α,β-unsaturated/α-hetero) is 1. The SMILES string of the molecule is CC(C)(C)OC(=O)NC(CC1CC1)C(=O)c1ccc([N+](=O)[O-])cc1. The molecule has 7 nitrogen and oxygen atoms in total. The van der Waals surface area contributed by atoms with Gasteiger partial charge in [-0.3, -0.25) is 14.9 Å². The first-order valence-corrected chi connectivity index (χ1v) is 7.94. The highest BCUT2D eigenvalue weighted by Gasteiger charge is 2.32. The number of non-ortho nitro benzene ring substituents is 1. The molecule has 2 rings (SSSR count). The van der Waals surface area contributed by atoms with E-state index in [9.17, 15) is 19.7 Å². The van der Waals surface area contributed by atoms with Gasteiger partial charge in [-0.1, -0.05) is 12.8 Å². The first-order valence-electron chi connectivity index (χ1n) is 7.94. The van der Waals surface area contributed by atoms with E-state index in [1.54, 1.807) is 20.8 Å². The molecule has 1 aromatic carbocycles. The van der Waals surface area contributed by atoms with Gasteiger partial charge in [0, 0.05) is 17.7 Å². The Balaban J connectivity index is 2.09. The standard InChI is InChI=1S/C17H22N2O5/c1-17(2,3)24-16(21)18-14(10-11-4-5-11)15(20)12-6-8-13(9-7-12)19(22)23/h6-9,11,14H,4-5,10H2,1-3H3,(H,18,21). The lowest BCUT2D eigenvalue weighted by atomic mass is 9.99. The van der Waals surface area contributed by atoms with Crippen LogP contribution >= 0.6 is 0 Å². The second-order valence-corrected chi connectivity index (χ2v) is 7.05. The van der Waals surface area contributed by atoms with E-state index in [-0.39, 0.29) is 11.5 Å². The zero-order chi connectivity index (χ0) is 17.9. The molecule has 0 saturated heterocycles. The Hall–Kier alpha value is -2.44. The Labute approximate surface area is 140 Å². The molecule has 7 heteroatoms. The highest BCUT2D eigenvalue weighted by molar-refractivity contribution is 6.01. The quantitative estimate of drug-likeness (QED) is 0.488. The molecule has 1 aliphatic rings. The van der Waals surface area contributed by atoms with Gasteiger partial charge in [0.1, 0.15) is 5.60 Å². The number of carbonyl (C=O) groups excluding carboxylic acids is 2. The maximum atomic E-state index is 12.7. The molecule has 1 saturated carbocycles. The van der Waals surface area contributed by atoms with Crippen LogP contribution in [0, 0.1) is 16.0 Å². The molecule has 0 radical (unpaired) electrons. The molecule has 1 aromatic rings. The van der Waals surface area contributed by atoms with Crippen molar-refractivity contribution >= 4 is 17.6 Å². The van der Waals surface area contributed by atoms with Crippen LogP contribution in [-0.4, -0.2) is 28.4 Å². The minimum atomic E-state index is -0.686. The van der Waals surface area contributed by atoms with Crippen LogP contribution in [0.15, 0.2) is 24.3 Å². The summed E-state index contributed by atoms with van der Waals surface area (Å²) in [5.74, 6) is 0.162. The van der Waals surface area contributed by atoms with Gasteiger partial charge in [0.15, 0.2) is 5.78 Å². The zero-order valence-corrected chi connectivity index (χ0v) is 14.1. The fourth-order valence-electron chi connectivity index (χ4n) is 2.32. The van der Waals surface area contributed by atoms with Crippen LogP contribution in [-0.2, 0) is 4.74 Å². The summed E-state index contributed by atoms with van der Waals surface area (Å²) in [6, 6.07) is 4.71. The number of rotatable bonds is 6. The predicted octanol–water partition coefficient (Wildman–Crippen LogP) is 3.47. The molecule has 1 unspecified atom stereocenters. The van der Waals surface area contributed by atoms with Gasteiger partial charge in [0.05, 0.1) is 11.0 Å². The topological polar surface area (TPSA) is 98.5 Å². The predicted molar refractivity (Wildman–Crippen MR) is 87.9 cm³/mol. The van der Waals surface area contributed by atoms with Crippen molar-refractivity contribution in [3.8, 4) is 0 Å². The summed E-state index contributed by atoms with van der Waals surface area (Å²) in [5.41, 5.74) is -0.391. The van der Waals surface area contributed by atoms with Crippen molar-refractivity contribution in [2.24, 2.45) is 5.92 Å². The summed E-state index contributed by atoms with van der Waals surface area (Å²) in [6.45, 7) is 5.25. The van der Waals surface area contributed by atoms with E-state index in [2.05, 4.69) is 5.32 Å². The summed E-state index contributed by atoms with van der Waals surface area (Å²) < 4.78 is 5.22. The molecule has 0 aromatic heterocycles. The van der Waals surface area contributed by atoms with Crippen LogP contribution in [0.5, 0.6) is 0 Å². The van der Waals surface area contributed by atoms with Crippen LogP contribution in [0.4, 0.5) is 10.5 Å². The number of carbonyl (C=O) groups is 2. The molecular formula is C17H22N2O5. The van der Waals surface area contributed by atoms with Crippen molar-refractivity contribution in [3.63, 3.8) is 0 Å². The van der Waals surface area contributed by atoms with Crippen molar-refractivity contribution in [1.29, 1.82) is 0 Å². The van der Waals surface area contributed by atoms with Crippen molar-refractivity contribution < 1.29 is 19.2 Å². The van der Waals surface area contributed by atoms with E-state index < -0.39 is 22.7 Å². The Morgan fingerprint density at radius 3 is 2.33 bits per heavy atom. The lowest BCUT2D eigenvalue weighted by molar-refractivity contribution is -0.384. The Morgan fingerprint density at radius 2 is 1.88 bits per heavy atom. The van der Waals surface area contributed by atoms with E-state index in [4.69, 9.17) is 4.74 Å². The molecule has 1 N–H and O–H groups in total. The number of benzene rings is 1. The number of ether oxygens (including phenoxy) is 1. The van der Waals surface area contributed by atoms with Gasteiger partial charge in [-0.2, -0.15) is 0 Å². The first kappa shape index (κ1) is 17.9. The minimum Gasteiger partial charge on any atom is -0.444 e. The average molecular weight is 334 g/mol. The zero-order valence-electron chi connectivity index (χ0n) is 14.1. The molecule has 0 spiro atoms. The van der Waals surface area contributed by atoms with Gasteiger partial charge in [-0.05, 0) is 45.2 Å². The monoisotopic (exact) mass is 334 g/mol. The number of ketones is 1. The highest BCUT2D eigenvalue weighted by atomic mass is 16.6. The van der Waals surface area contributed by atoms with Gasteiger partial charge in [0.25, 0.3) is 5.69 Å². The minimum absolute atomic E-state index is 0.0783. The molecule has 1 amide bonds. The Bertz CT molecular complexity index is 629. The maximum Gasteiger partial charge on any atom is 0.408 e. The molecule has 0 heterocycles. The van der Waals surface area contributed by atoms with E-state index in [1.165, 1.54) is 24.3 Å². The Kier molecular flexibility index (Phi) is 5.21. The van der Waals surface area contributed by atoms with Crippen LogP contribution < -0.4 is 5.32 Å². The molecule has 130 valence electrons. The number of hydrogen-bond donors (Lipinski definition) is 1. The van der Waals surface area contributed by atoms with Crippen molar-refractivity contribution in [3.05, 3.63) is 39.9 Å². The third-order valence-electron chi connectivity index (χ3n) is 3.64. The van der Waals surface area contributed by atoms with Gasteiger partial charge in [-0.15, -0.1) is 0 Å². The van der Waals surface area contributed by atoms with Gasteiger partial charge < -0.3 is 10.1 Å². The van der Waals surface area contributed by atoms with E-state index in [0.717, 1.165) is 12.8 Å². The molecule has 1 fully saturated rings. The fourth-order valence-corrected chi connectivity index (χ4v) is 2.32. The summed E-state index contributed by atoms with van der Waals surface area (Å²) in [4.78, 5) is 34.8. The van der Waals surface area contributed by atoms with Gasteiger partial charge >= 0.3 is 6.09 Å². The number of alkyl carbamates (subject to hydrolysis) is 1. The van der Waals surface area contributed by atoms with E-state index >= 15 is 0 Å². The summed E-state index contributed by atoms with van der Waals surface area (Å²) in [7, 11) is 0. The molecule has 1 aliphatic carbocycles. The second kappa shape index (κ2) is 6.98. The number of nitro benzene ring substituents is 1. The van der Waals surface area contributed by atoms with Crippen molar-refractivity contribution in [2.75, 3.05) is 0 Å². The summed E-state index contributed by atoms with van der Waals surface area (Å²) >= 11 is 0. The van der Waals surface area contributed by atoms with Crippen LogP contribution in [0.3, 0.4) is 0 Å². The summed E-state index contributed by atoms with van der Waals surface area (Å²) in [5, 5.41) is 13.3. The number of amides is 1. The molecule has 1 atom stereocenters. The van der Waals surface area contributed by atoms with Crippen molar-refractivity contribution in [1.82, 2.24) is 5.32 Å². The number of nitrogens with zero attached hydrogens (tertiary/aromatic N) is 1. The normalized spacial score (nSPS) is 15.5. The Morgan fingerprint density at radius 1 is 1.29 bits per heavy atom. The fraction of sp³-hybridized carbons (Fsp3) is 0.529. The lowest BCUT2D eigenvalue weighted by Crippen LogP contribution is -2.43. The number of nitro groups is 1. The van der Waals surface area contributed by atoms with Crippen LogP contribution in [0.1, 0.15) is 50.4 Å². The summed E-state index contributed by atoms with van der Waals surface area (Å²) in [6.07, 6.45) is 2.00. The van der Waals surface area contributed by atoms with E-state index in [1.807, 2.05) is 0 Å². The number of hydrogen-bond acceptors (Lipinski definition) is 5. The molecule has 24 heavy (non-hydrogen) atoms. The largest absolute Gasteiger partial charge is 0.444 e. The highest BCUT2D eigenvalue weighted by Crippen LogP contribution is 2.34. The van der Waals surface area contributed by atoms with E-state index in [0.29, 0.717) is 17.9 Å². The maximum absolute atomic E-state index is 12.7. The van der Waals surface area contributed by atoms with Gasteiger partial charge in [-0.25, -0.2) is 4.79 Å². The van der Waals surface area contributed by atoms with Crippen LogP contribution in [0.25, 0.3) is 0 Å². The molecular weight excluding hydrogens is 312 g/mol. The third kappa shape index (κ3) is 5.33. The van der Waals surface area contributed by atoms with Crippen molar-refractivity contribution in [2.45, 2.75) is 51.7 Å².